The molecular formula is C11H6BrClN2. The summed E-state index contributed by atoms with van der Waals surface area (Å²) in [5.41, 5.74) is 2.30. The molecule has 1 heterocycles. The standard InChI is InChI=1S/C11H6BrClN2/c1-6-2-7-4-8(5-14)11(13)15-10(7)9(12)3-6/h2-4H,1H3. The number of rotatable bonds is 0. The van der Waals surface area contributed by atoms with E-state index in [1.807, 2.05) is 25.1 Å². The van der Waals surface area contributed by atoms with Crippen LogP contribution in [0.1, 0.15) is 11.1 Å². The Hall–Kier alpha value is -1.11. The molecule has 2 nitrogen and oxygen atoms in total. The average molecular weight is 282 g/mol. The summed E-state index contributed by atoms with van der Waals surface area (Å²) in [4.78, 5) is 4.18. The first-order chi connectivity index (χ1) is 7.11. The second-order valence-corrected chi connectivity index (χ2v) is 4.47. The van der Waals surface area contributed by atoms with Crippen LogP contribution in [0.15, 0.2) is 22.7 Å². The molecule has 1 aromatic carbocycles. The van der Waals surface area contributed by atoms with Crippen molar-refractivity contribution < 1.29 is 0 Å². The SMILES string of the molecule is Cc1cc(Br)c2nc(Cl)c(C#N)cc2c1. The molecule has 0 saturated heterocycles. The quantitative estimate of drug-likeness (QED) is 0.688. The van der Waals surface area contributed by atoms with Gasteiger partial charge < -0.3 is 0 Å². The zero-order chi connectivity index (χ0) is 11.0. The van der Waals surface area contributed by atoms with Crippen molar-refractivity contribution in [1.29, 1.82) is 5.26 Å². The molecule has 15 heavy (non-hydrogen) atoms. The molecule has 2 rings (SSSR count). The Kier molecular flexibility index (Phi) is 2.64. The van der Waals surface area contributed by atoms with E-state index in [0.717, 1.165) is 20.9 Å². The van der Waals surface area contributed by atoms with Crippen LogP contribution in [-0.4, -0.2) is 4.98 Å². The van der Waals surface area contributed by atoms with Gasteiger partial charge in [0.15, 0.2) is 0 Å². The highest BCUT2D eigenvalue weighted by molar-refractivity contribution is 9.10. The number of nitrogens with zero attached hydrogens (tertiary/aromatic N) is 2. The van der Waals surface area contributed by atoms with Gasteiger partial charge in [0, 0.05) is 9.86 Å². The van der Waals surface area contributed by atoms with Crippen molar-refractivity contribution in [2.45, 2.75) is 6.92 Å². The summed E-state index contributed by atoms with van der Waals surface area (Å²) >= 11 is 9.28. The van der Waals surface area contributed by atoms with Crippen molar-refractivity contribution in [3.05, 3.63) is 39.0 Å². The number of fused-ring (bicyclic) bond motifs is 1. The average Bonchev–Trinajstić information content (AvgIpc) is 2.18. The molecule has 0 amide bonds. The minimum absolute atomic E-state index is 0.245. The topological polar surface area (TPSA) is 36.7 Å². The molecule has 2 aromatic rings. The Morgan fingerprint density at radius 1 is 1.40 bits per heavy atom. The second-order valence-electron chi connectivity index (χ2n) is 3.26. The second kappa shape index (κ2) is 3.80. The van der Waals surface area contributed by atoms with Gasteiger partial charge in [0.05, 0.1) is 11.1 Å². The molecule has 0 fully saturated rings. The summed E-state index contributed by atoms with van der Waals surface area (Å²) in [5.74, 6) is 0. The van der Waals surface area contributed by atoms with Crippen LogP contribution in [0, 0.1) is 18.3 Å². The van der Waals surface area contributed by atoms with Gasteiger partial charge in [0.25, 0.3) is 0 Å². The van der Waals surface area contributed by atoms with Gasteiger partial charge in [-0.3, -0.25) is 0 Å². The Balaban J connectivity index is 2.89. The minimum Gasteiger partial charge on any atom is -0.233 e. The minimum atomic E-state index is 0.245. The van der Waals surface area contributed by atoms with E-state index in [0.29, 0.717) is 5.56 Å². The maximum atomic E-state index is 8.83. The van der Waals surface area contributed by atoms with Gasteiger partial charge >= 0.3 is 0 Å². The molecule has 0 saturated carbocycles. The summed E-state index contributed by atoms with van der Waals surface area (Å²) in [6.07, 6.45) is 0. The summed E-state index contributed by atoms with van der Waals surface area (Å²) < 4.78 is 0.892. The van der Waals surface area contributed by atoms with Crippen LogP contribution in [0.5, 0.6) is 0 Å². The molecule has 1 aromatic heterocycles. The highest BCUT2D eigenvalue weighted by Gasteiger charge is 2.07. The lowest BCUT2D eigenvalue weighted by molar-refractivity contribution is 1.35. The van der Waals surface area contributed by atoms with Gasteiger partial charge in [-0.1, -0.05) is 11.6 Å². The van der Waals surface area contributed by atoms with Gasteiger partial charge in [-0.2, -0.15) is 5.26 Å². The lowest BCUT2D eigenvalue weighted by Gasteiger charge is -2.03. The van der Waals surface area contributed by atoms with Crippen LogP contribution in [-0.2, 0) is 0 Å². The summed E-state index contributed by atoms with van der Waals surface area (Å²) in [6, 6.07) is 7.72. The van der Waals surface area contributed by atoms with Crippen LogP contribution < -0.4 is 0 Å². The first kappa shape index (κ1) is 10.4. The normalized spacial score (nSPS) is 10.3. The molecule has 0 aliphatic rings. The zero-order valence-electron chi connectivity index (χ0n) is 7.88. The van der Waals surface area contributed by atoms with Crippen molar-refractivity contribution in [3.8, 4) is 6.07 Å². The number of hydrogen-bond acceptors (Lipinski definition) is 2. The fraction of sp³-hybridized carbons (Fsp3) is 0.0909. The molecule has 0 N–H and O–H groups in total. The predicted molar refractivity (Wildman–Crippen MR) is 63.9 cm³/mol. The van der Waals surface area contributed by atoms with Crippen LogP contribution in [0.3, 0.4) is 0 Å². The number of aryl methyl sites for hydroxylation is 1. The van der Waals surface area contributed by atoms with Crippen LogP contribution >= 0.6 is 27.5 Å². The fourth-order valence-corrected chi connectivity index (χ4v) is 2.30. The molecule has 0 unspecified atom stereocenters. The third-order valence-corrected chi connectivity index (χ3v) is 2.98. The van der Waals surface area contributed by atoms with Crippen molar-refractivity contribution in [3.63, 3.8) is 0 Å². The predicted octanol–water partition coefficient (Wildman–Crippen LogP) is 3.83. The number of hydrogen-bond donors (Lipinski definition) is 0. The molecule has 0 spiro atoms. The maximum absolute atomic E-state index is 8.83. The number of halogens is 2. The van der Waals surface area contributed by atoms with E-state index in [1.54, 1.807) is 6.07 Å². The van der Waals surface area contributed by atoms with Crippen molar-refractivity contribution in [2.75, 3.05) is 0 Å². The third kappa shape index (κ3) is 1.83. The first-order valence-electron chi connectivity index (χ1n) is 4.28. The van der Waals surface area contributed by atoms with Gasteiger partial charge in [-0.05, 0) is 46.6 Å². The van der Waals surface area contributed by atoms with E-state index in [2.05, 4.69) is 20.9 Å². The van der Waals surface area contributed by atoms with E-state index in [-0.39, 0.29) is 5.15 Å². The molecule has 0 aliphatic carbocycles. The molecule has 0 radical (unpaired) electrons. The third-order valence-electron chi connectivity index (χ3n) is 2.09. The van der Waals surface area contributed by atoms with Crippen LogP contribution in [0.2, 0.25) is 5.15 Å². The Morgan fingerprint density at radius 3 is 2.80 bits per heavy atom. The summed E-state index contributed by atoms with van der Waals surface area (Å²) in [7, 11) is 0. The van der Waals surface area contributed by atoms with Crippen molar-refractivity contribution in [2.24, 2.45) is 0 Å². The zero-order valence-corrected chi connectivity index (χ0v) is 10.2. The van der Waals surface area contributed by atoms with Gasteiger partial charge in [0.1, 0.15) is 11.2 Å². The van der Waals surface area contributed by atoms with Crippen molar-refractivity contribution in [1.82, 2.24) is 4.98 Å². The summed E-state index contributed by atoms with van der Waals surface area (Å²) in [6.45, 7) is 1.99. The monoisotopic (exact) mass is 280 g/mol. The Labute approximate surface area is 101 Å². The lowest BCUT2D eigenvalue weighted by Crippen LogP contribution is -1.87. The highest BCUT2D eigenvalue weighted by Crippen LogP contribution is 2.27. The fourth-order valence-electron chi connectivity index (χ4n) is 1.44. The number of aromatic nitrogens is 1. The number of pyridine rings is 1. The van der Waals surface area contributed by atoms with E-state index in [1.165, 1.54) is 0 Å². The van der Waals surface area contributed by atoms with E-state index >= 15 is 0 Å². The van der Waals surface area contributed by atoms with Gasteiger partial charge in [-0.25, -0.2) is 4.98 Å². The van der Waals surface area contributed by atoms with E-state index < -0.39 is 0 Å². The van der Waals surface area contributed by atoms with Crippen LogP contribution in [0.25, 0.3) is 10.9 Å². The number of benzene rings is 1. The van der Waals surface area contributed by atoms with Crippen molar-refractivity contribution >= 4 is 38.4 Å². The van der Waals surface area contributed by atoms with E-state index in [9.17, 15) is 0 Å². The molecular weight excluding hydrogens is 275 g/mol. The smallest absolute Gasteiger partial charge is 0.147 e. The molecule has 0 bridgehead atoms. The van der Waals surface area contributed by atoms with Crippen LogP contribution in [0.4, 0.5) is 0 Å². The van der Waals surface area contributed by atoms with Gasteiger partial charge in [0.2, 0.25) is 0 Å². The molecule has 74 valence electrons. The lowest BCUT2D eigenvalue weighted by atomic mass is 10.1. The first-order valence-corrected chi connectivity index (χ1v) is 5.45. The Morgan fingerprint density at radius 2 is 2.13 bits per heavy atom. The molecule has 0 aliphatic heterocycles. The summed E-state index contributed by atoms with van der Waals surface area (Å²) in [5, 5.41) is 9.99. The number of nitriles is 1. The van der Waals surface area contributed by atoms with Gasteiger partial charge in [-0.15, -0.1) is 0 Å². The highest BCUT2D eigenvalue weighted by atomic mass is 79.9. The Bertz CT molecular complexity index is 587. The maximum Gasteiger partial charge on any atom is 0.147 e. The molecule has 4 heteroatoms. The van der Waals surface area contributed by atoms with E-state index in [4.69, 9.17) is 16.9 Å². The largest absolute Gasteiger partial charge is 0.233 e. The molecule has 0 atom stereocenters.